The van der Waals surface area contributed by atoms with E-state index in [0.29, 0.717) is 42.5 Å². The number of aldehydes is 1. The number of ether oxygens (including phenoxy) is 4. The van der Waals surface area contributed by atoms with Crippen LogP contribution in [0.1, 0.15) is 71.4 Å². The Morgan fingerprint density at radius 1 is 0.512 bits per heavy atom. The number of aliphatic hydroxyl groups is 6. The molecule has 4 fully saturated rings. The minimum absolute atomic E-state index is 0.0140. The molecule has 12 rings (SSSR count). The van der Waals surface area contributed by atoms with Gasteiger partial charge in [-0.3, -0.25) is 0 Å². The second-order valence-electron chi connectivity index (χ2n) is 20.8. The van der Waals surface area contributed by atoms with Crippen LogP contribution in [0.3, 0.4) is 0 Å². The summed E-state index contributed by atoms with van der Waals surface area (Å²) in [4.78, 5) is 42.5. The van der Waals surface area contributed by atoms with E-state index in [2.05, 4.69) is 51.7 Å². The minimum Gasteiger partial charge on any atom is -0.393 e. The molecule has 4 aliphatic rings. The number of hydrogen-bond acceptors (Lipinski definition) is 23. The Kier molecular flexibility index (Phi) is 16.9. The summed E-state index contributed by atoms with van der Waals surface area (Å²) in [5.41, 5.74) is 19.0. The maximum Gasteiger partial charge on any atom is 0.179 e. The van der Waals surface area contributed by atoms with Gasteiger partial charge in [-0.05, 0) is 31.1 Å². The number of rotatable bonds is 10. The zero-order valence-corrected chi connectivity index (χ0v) is 45.2. The number of nitrogen functional groups attached to an aromatic ring is 4. The van der Waals surface area contributed by atoms with Crippen molar-refractivity contribution in [2.45, 2.75) is 99.9 Å². The van der Waals surface area contributed by atoms with Gasteiger partial charge >= 0.3 is 0 Å². The number of carbonyl (C=O) groups excluding carboxylic acids is 1. The van der Waals surface area contributed by atoms with Crippen LogP contribution < -0.4 is 22.9 Å². The second kappa shape index (κ2) is 23.4. The van der Waals surface area contributed by atoms with E-state index in [1.165, 1.54) is 57.6 Å². The van der Waals surface area contributed by atoms with Gasteiger partial charge in [0.2, 0.25) is 0 Å². The molecule has 0 unspecified atom stereocenters. The first-order valence-corrected chi connectivity index (χ1v) is 26.0. The third-order valence-corrected chi connectivity index (χ3v) is 16.1. The molecule has 31 heteroatoms. The van der Waals surface area contributed by atoms with Gasteiger partial charge in [0.1, 0.15) is 85.2 Å². The van der Waals surface area contributed by atoms with Crippen molar-refractivity contribution >= 4 is 73.7 Å². The van der Waals surface area contributed by atoms with Crippen molar-refractivity contribution in [1.29, 1.82) is 0 Å². The maximum atomic E-state index is 14.0. The van der Waals surface area contributed by atoms with E-state index < -0.39 is 89.9 Å². The fourth-order valence-electron chi connectivity index (χ4n) is 10.9. The van der Waals surface area contributed by atoms with Crippen molar-refractivity contribution in [1.82, 2.24) is 58.1 Å². The number of fused-ring (bicyclic) bond motifs is 4. The first-order chi connectivity index (χ1) is 40.1. The number of anilines is 4. The van der Waals surface area contributed by atoms with Crippen LogP contribution in [-0.4, -0.2) is 157 Å². The summed E-state index contributed by atoms with van der Waals surface area (Å²) in [6.07, 6.45) is 19.5. The topological polar surface area (TPSA) is 402 Å². The molecule has 0 spiro atoms. The standard InChI is InChI=1S/C14H15FN4O2.C13H17FN4O3.C13H15FN4O3.C13H13FN4O3/c1-3-14(6-20)8(2)4-10(21-14)19-5-9(15)11-12(16)17-7-18-13(11)19;2*1-7-2-9(21-13(7,4-19)5-20)18-3-8(14)10-11(15)16-6-17-12(10)18;1-2-13(5-19)8(20)3-9(21-13)18-4-7(14)10-11(15)16-6-17-12(10)18/h1,5,7-8,10,20H,4,6H2,2H3,(H2,16,17,18);3,6-7,9,19-20H,2,4-5H2,1H3,(H2,15,16,17);3-4,6-7,9,20H,2,5H2,1H3,(H2,15,16,17);1,4,6,8-9,19-20H,3,5H2,(H2,15,16,17)/t8-,10+,14+;7-,9+;7-,9+,13+;8-,9+,13+/m0000/s1. The number of hydrogen-bond donors (Lipinski definition) is 10. The van der Waals surface area contributed by atoms with Gasteiger partial charge in [0.25, 0.3) is 0 Å². The molecule has 0 saturated carbocycles. The van der Waals surface area contributed by atoms with Crippen LogP contribution in [-0.2, 0) is 23.7 Å². The highest BCUT2D eigenvalue weighted by Gasteiger charge is 2.50. The molecule has 4 saturated heterocycles. The van der Waals surface area contributed by atoms with E-state index >= 15 is 0 Å². The largest absolute Gasteiger partial charge is 0.393 e. The van der Waals surface area contributed by atoms with Gasteiger partial charge in [-0.15, -0.1) is 12.8 Å². The van der Waals surface area contributed by atoms with Gasteiger partial charge in [0, 0.05) is 37.1 Å². The Balaban J connectivity index is 0.000000134. The molecule has 11 atom stereocenters. The average Bonchev–Trinajstić information content (AvgIpc) is 2.55. The molecular weight excluding hydrogens is 1110 g/mol. The Morgan fingerprint density at radius 2 is 0.845 bits per heavy atom. The molecule has 0 aromatic carbocycles. The van der Waals surface area contributed by atoms with E-state index in [0.717, 1.165) is 6.20 Å². The summed E-state index contributed by atoms with van der Waals surface area (Å²) < 4.78 is 84.9. The number of aromatic nitrogens is 12. The minimum atomic E-state index is -1.50. The summed E-state index contributed by atoms with van der Waals surface area (Å²) in [6.45, 7) is 3.70. The number of terminal acetylenes is 2. The molecular formula is C53H60F4N16O11. The van der Waals surface area contributed by atoms with E-state index in [1.54, 1.807) is 11.5 Å². The third-order valence-electron chi connectivity index (χ3n) is 16.1. The van der Waals surface area contributed by atoms with Crippen molar-refractivity contribution in [3.05, 3.63) is 73.4 Å². The van der Waals surface area contributed by atoms with Crippen molar-refractivity contribution in [2.75, 3.05) is 56.0 Å². The van der Waals surface area contributed by atoms with E-state index in [9.17, 15) is 53.0 Å². The zero-order chi connectivity index (χ0) is 60.8. The van der Waals surface area contributed by atoms with E-state index in [-0.39, 0.29) is 94.5 Å². The van der Waals surface area contributed by atoms with Gasteiger partial charge in [-0.25, -0.2) is 57.4 Å². The Bertz CT molecular complexity index is 3700. The Hall–Kier alpha value is -8.21. The lowest BCUT2D eigenvalue weighted by Gasteiger charge is -2.28. The van der Waals surface area contributed by atoms with Crippen LogP contribution in [0.2, 0.25) is 0 Å². The summed E-state index contributed by atoms with van der Waals surface area (Å²) in [5, 5.41) is 57.8. The predicted octanol–water partition coefficient (Wildman–Crippen LogP) is 1.94. The molecule has 84 heavy (non-hydrogen) atoms. The normalized spacial score (nSPS) is 27.9. The van der Waals surface area contributed by atoms with Crippen molar-refractivity contribution in [3.63, 3.8) is 0 Å². The van der Waals surface area contributed by atoms with Crippen LogP contribution in [0, 0.1) is 65.7 Å². The van der Waals surface area contributed by atoms with Gasteiger partial charge < -0.3 is 95.6 Å². The first-order valence-electron chi connectivity index (χ1n) is 26.0. The summed E-state index contributed by atoms with van der Waals surface area (Å²) >= 11 is 0. The first kappa shape index (κ1) is 60.4. The smallest absolute Gasteiger partial charge is 0.179 e. The second-order valence-corrected chi connectivity index (χ2v) is 20.8. The lowest BCUT2D eigenvalue weighted by atomic mass is 9.90. The number of aliphatic hydroxyl groups excluding tert-OH is 6. The van der Waals surface area contributed by atoms with Gasteiger partial charge in [-0.1, -0.05) is 32.6 Å². The number of nitrogens with zero attached hydrogens (tertiary/aromatic N) is 12. The molecule has 0 radical (unpaired) electrons. The van der Waals surface area contributed by atoms with Crippen LogP contribution in [0.4, 0.5) is 40.8 Å². The van der Waals surface area contributed by atoms with Crippen molar-refractivity contribution < 1.29 is 71.9 Å². The fourth-order valence-corrected chi connectivity index (χ4v) is 10.9. The maximum absolute atomic E-state index is 14.0. The fraction of sp³-hybridized carbons (Fsp3) is 0.453. The summed E-state index contributed by atoms with van der Waals surface area (Å²) in [5.74, 6) is 2.43. The summed E-state index contributed by atoms with van der Waals surface area (Å²) in [6, 6.07) is 0. The average molecular weight is 1170 g/mol. The third kappa shape index (κ3) is 10.2. The van der Waals surface area contributed by atoms with Gasteiger partial charge in [0.15, 0.2) is 68.9 Å². The Morgan fingerprint density at radius 3 is 1.14 bits per heavy atom. The molecule has 14 N–H and O–H groups in total. The number of carbonyl (C=O) groups is 1. The zero-order valence-electron chi connectivity index (χ0n) is 45.2. The number of nitrogens with two attached hydrogens (primary N) is 4. The van der Waals surface area contributed by atoms with Gasteiger partial charge in [-0.2, -0.15) is 0 Å². The van der Waals surface area contributed by atoms with E-state index in [1.807, 2.05) is 13.8 Å². The number of halogens is 4. The van der Waals surface area contributed by atoms with Crippen LogP contribution in [0.5, 0.6) is 0 Å². The van der Waals surface area contributed by atoms with Crippen LogP contribution >= 0.6 is 0 Å². The monoisotopic (exact) mass is 1170 g/mol. The molecule has 0 amide bonds. The molecule has 8 aromatic heterocycles. The molecule has 4 aliphatic heterocycles. The SMILES string of the molecule is C#C[C@]1(CO)O[C@@H](n2cc(F)c3c(N)ncnc32)C[C@@H]1C.C#C[C@]1(CO)O[C@@H](n2cc(F)c3c(N)ncnc32)C[C@@H]1O.C[C@H]1C[C@H](n2cc(F)c3c(N)ncnc32)OC1(CO)CO.C[C@H]1C[C@H](n2cc(F)c3c(N)ncnc32)O[C@]1(C=O)CO. The van der Waals surface area contributed by atoms with E-state index in [4.69, 9.17) is 54.7 Å². The highest BCUT2D eigenvalue weighted by molar-refractivity contribution is 5.89. The lowest BCUT2D eigenvalue weighted by Crippen LogP contribution is -2.42. The van der Waals surface area contributed by atoms with Crippen LogP contribution in [0.25, 0.3) is 44.1 Å². The highest BCUT2D eigenvalue weighted by Crippen LogP contribution is 2.46. The molecule has 446 valence electrons. The molecule has 8 aromatic rings. The van der Waals surface area contributed by atoms with Gasteiger partial charge in [0.05, 0.1) is 54.6 Å². The molecule has 0 aliphatic carbocycles. The van der Waals surface area contributed by atoms with Crippen LogP contribution in [0.15, 0.2) is 50.1 Å². The van der Waals surface area contributed by atoms with Crippen molar-refractivity contribution in [3.8, 4) is 24.7 Å². The summed E-state index contributed by atoms with van der Waals surface area (Å²) in [7, 11) is 0. The predicted molar refractivity (Wildman–Crippen MR) is 290 cm³/mol. The highest BCUT2D eigenvalue weighted by atomic mass is 19.1. The molecule has 0 bridgehead atoms. The molecule has 12 heterocycles. The molecule has 27 nitrogen and oxygen atoms in total. The lowest BCUT2D eigenvalue weighted by molar-refractivity contribution is -0.144. The van der Waals surface area contributed by atoms with Crippen molar-refractivity contribution in [2.24, 2.45) is 17.8 Å². The quantitative estimate of drug-likeness (QED) is 0.0531. The Labute approximate surface area is 474 Å².